The molecule has 0 aliphatic rings. The Morgan fingerprint density at radius 3 is 2.36 bits per heavy atom. The molecule has 42 heavy (non-hydrogen) atoms. The molecule has 0 radical (unpaired) electrons. The Morgan fingerprint density at radius 2 is 1.71 bits per heavy atom. The number of methoxy groups -OCH3 is 1. The van der Waals surface area contributed by atoms with Crippen molar-refractivity contribution in [3.63, 3.8) is 0 Å². The van der Waals surface area contributed by atoms with E-state index in [4.69, 9.17) is 9.47 Å². The summed E-state index contributed by atoms with van der Waals surface area (Å²) in [7, 11) is 1.26. The molecule has 0 spiro atoms. The maximum atomic E-state index is 13.5. The average Bonchev–Trinajstić information content (AvgIpc) is 3.42. The van der Waals surface area contributed by atoms with Crippen molar-refractivity contribution in [2.24, 2.45) is 0 Å². The Balaban J connectivity index is 1.50. The summed E-state index contributed by atoms with van der Waals surface area (Å²) < 4.78 is 89.9. The van der Waals surface area contributed by atoms with Crippen molar-refractivity contribution in [3.8, 4) is 28.1 Å². The zero-order valence-electron chi connectivity index (χ0n) is 21.4. The van der Waals surface area contributed by atoms with E-state index in [2.05, 4.69) is 15.5 Å². The number of hydrogen-bond donors (Lipinski definition) is 1. The topological polar surface area (TPSA) is 97.1 Å². The molecule has 14 heteroatoms. The summed E-state index contributed by atoms with van der Waals surface area (Å²) in [5, 5.41) is 20.7. The summed E-state index contributed by atoms with van der Waals surface area (Å²) in [6, 6.07) is 16.3. The molecule has 1 N–H and O–H groups in total. The molecule has 3 aromatic carbocycles. The largest absolute Gasteiger partial charge is 0.493 e. The van der Waals surface area contributed by atoms with Crippen molar-refractivity contribution in [1.29, 1.82) is 5.26 Å². The number of aromatic nitrogens is 2. The van der Waals surface area contributed by atoms with Crippen LogP contribution in [-0.2, 0) is 23.8 Å². The highest BCUT2D eigenvalue weighted by atomic mass is 32.1. The Morgan fingerprint density at radius 1 is 0.976 bits per heavy atom. The maximum Gasteiger partial charge on any atom is 0.416 e. The molecule has 0 saturated heterocycles. The van der Waals surface area contributed by atoms with Crippen LogP contribution in [0.15, 0.2) is 72.3 Å². The number of benzene rings is 3. The number of ether oxygens (including phenoxy) is 2. The van der Waals surface area contributed by atoms with Gasteiger partial charge in [-0.3, -0.25) is 10.1 Å². The average molecular weight is 605 g/mol. The number of amides is 1. The summed E-state index contributed by atoms with van der Waals surface area (Å²) in [6.45, 7) is -0.711. The van der Waals surface area contributed by atoms with E-state index in [-0.39, 0.29) is 28.3 Å². The van der Waals surface area contributed by atoms with Gasteiger partial charge < -0.3 is 9.47 Å². The van der Waals surface area contributed by atoms with Gasteiger partial charge in [0, 0.05) is 11.1 Å². The third-order valence-corrected chi connectivity index (χ3v) is 6.54. The van der Waals surface area contributed by atoms with Crippen LogP contribution in [0.2, 0.25) is 0 Å². The number of hydrogen-bond acceptors (Lipinski definition) is 7. The number of rotatable bonds is 8. The lowest BCUT2D eigenvalue weighted by Gasteiger charge is -2.17. The van der Waals surface area contributed by atoms with Crippen LogP contribution in [-0.4, -0.2) is 23.2 Å². The molecule has 0 aliphatic heterocycles. The molecule has 0 aliphatic carbocycles. The number of halogens is 6. The van der Waals surface area contributed by atoms with Gasteiger partial charge in [0.15, 0.2) is 11.5 Å². The number of anilines is 1. The van der Waals surface area contributed by atoms with Crippen molar-refractivity contribution in [2.75, 3.05) is 12.4 Å². The van der Waals surface area contributed by atoms with Crippen LogP contribution >= 0.6 is 11.3 Å². The summed E-state index contributed by atoms with van der Waals surface area (Å²) in [6.07, 6.45) is -8.75. The number of nitriles is 1. The van der Waals surface area contributed by atoms with Crippen molar-refractivity contribution in [3.05, 3.63) is 94.6 Å². The second-order valence-electron chi connectivity index (χ2n) is 8.47. The van der Waals surface area contributed by atoms with Crippen LogP contribution in [0.25, 0.3) is 16.6 Å². The van der Waals surface area contributed by atoms with E-state index >= 15 is 0 Å². The van der Waals surface area contributed by atoms with Crippen LogP contribution in [0.5, 0.6) is 11.5 Å². The lowest BCUT2D eigenvalue weighted by Crippen LogP contribution is -2.14. The fourth-order valence-corrected chi connectivity index (χ4v) is 4.39. The second kappa shape index (κ2) is 12.3. The minimum absolute atomic E-state index is 0.0204. The number of nitrogens with one attached hydrogen (secondary N) is 1. The Hall–Kier alpha value is -4.90. The van der Waals surface area contributed by atoms with Gasteiger partial charge in [-0.1, -0.05) is 53.8 Å². The minimum Gasteiger partial charge on any atom is -0.493 e. The van der Waals surface area contributed by atoms with E-state index in [9.17, 15) is 36.4 Å². The fraction of sp³-hybridized carbons (Fsp3) is 0.143. The van der Waals surface area contributed by atoms with Gasteiger partial charge in [-0.15, -0.1) is 10.2 Å². The monoisotopic (exact) mass is 604 g/mol. The molecule has 4 rings (SSSR count). The first-order valence-electron chi connectivity index (χ1n) is 11.8. The normalized spacial score (nSPS) is 12.0. The van der Waals surface area contributed by atoms with E-state index < -0.39 is 41.6 Å². The third-order valence-electron chi connectivity index (χ3n) is 5.66. The highest BCUT2D eigenvalue weighted by Gasteiger charge is 2.38. The number of carbonyl (C=O) groups excluding carboxylic acids is 1. The van der Waals surface area contributed by atoms with Crippen LogP contribution in [0.1, 0.15) is 22.3 Å². The predicted octanol–water partition coefficient (Wildman–Crippen LogP) is 7.38. The zero-order valence-corrected chi connectivity index (χ0v) is 22.2. The highest BCUT2D eigenvalue weighted by molar-refractivity contribution is 7.18. The van der Waals surface area contributed by atoms with E-state index in [0.29, 0.717) is 22.7 Å². The van der Waals surface area contributed by atoms with Gasteiger partial charge in [0.05, 0.1) is 18.2 Å². The summed E-state index contributed by atoms with van der Waals surface area (Å²) in [4.78, 5) is 12.7. The molecule has 1 heterocycles. The standard InChI is InChI=1S/C28H18F6N4O3S/c1-40-23-12-16(11-19(14-35)24(39)36-26-38-37-25(42-26)17-5-3-2-4-6-17)7-10-22(23)41-15-18-8-9-20(27(29,30)31)13-21(18)28(32,33)34/h2-13H,15H2,1H3,(H,36,38,39)/b19-11+. The minimum atomic E-state index is -5.05. The first kappa shape index (κ1) is 30.1. The zero-order chi connectivity index (χ0) is 30.5. The van der Waals surface area contributed by atoms with Gasteiger partial charge in [0.2, 0.25) is 5.13 Å². The maximum absolute atomic E-state index is 13.5. The first-order valence-corrected chi connectivity index (χ1v) is 12.6. The molecule has 0 bridgehead atoms. The fourth-order valence-electron chi connectivity index (χ4n) is 3.64. The number of nitrogens with zero attached hydrogens (tertiary/aromatic N) is 3. The van der Waals surface area contributed by atoms with Gasteiger partial charge in [-0.05, 0) is 35.9 Å². The third kappa shape index (κ3) is 7.24. The van der Waals surface area contributed by atoms with Crippen molar-refractivity contribution in [2.45, 2.75) is 19.0 Å². The molecule has 0 saturated carbocycles. The quantitative estimate of drug-likeness (QED) is 0.128. The van der Waals surface area contributed by atoms with Crippen LogP contribution < -0.4 is 14.8 Å². The van der Waals surface area contributed by atoms with E-state index in [0.717, 1.165) is 16.9 Å². The number of carbonyl (C=O) groups is 1. The Labute approximate surface area is 238 Å². The van der Waals surface area contributed by atoms with Crippen LogP contribution in [0.3, 0.4) is 0 Å². The molecule has 0 fully saturated rings. The lowest BCUT2D eigenvalue weighted by molar-refractivity contribution is -0.143. The molecule has 0 unspecified atom stereocenters. The lowest BCUT2D eigenvalue weighted by atomic mass is 10.0. The molecule has 216 valence electrons. The van der Waals surface area contributed by atoms with Gasteiger partial charge in [0.1, 0.15) is 23.3 Å². The summed E-state index contributed by atoms with van der Waals surface area (Å²) in [5.74, 6) is -0.735. The molecule has 0 atom stereocenters. The second-order valence-corrected chi connectivity index (χ2v) is 9.45. The van der Waals surface area contributed by atoms with Crippen molar-refractivity contribution in [1.82, 2.24) is 10.2 Å². The molecular formula is C28H18F6N4O3S. The molecule has 4 aromatic rings. The van der Waals surface area contributed by atoms with Crippen molar-refractivity contribution < 1.29 is 40.6 Å². The first-order chi connectivity index (χ1) is 19.9. The van der Waals surface area contributed by atoms with E-state index in [1.54, 1.807) is 6.07 Å². The van der Waals surface area contributed by atoms with E-state index in [1.807, 2.05) is 30.3 Å². The van der Waals surface area contributed by atoms with Gasteiger partial charge in [0.25, 0.3) is 5.91 Å². The Bertz CT molecular complexity index is 1660. The summed E-state index contributed by atoms with van der Waals surface area (Å²) >= 11 is 1.11. The van der Waals surface area contributed by atoms with Crippen molar-refractivity contribution >= 4 is 28.5 Å². The Kier molecular flexibility index (Phi) is 8.82. The highest BCUT2D eigenvalue weighted by Crippen LogP contribution is 2.38. The van der Waals surface area contributed by atoms with Gasteiger partial charge in [-0.25, -0.2) is 0 Å². The molecule has 1 aromatic heterocycles. The molecule has 1 amide bonds. The van der Waals surface area contributed by atoms with Gasteiger partial charge in [-0.2, -0.15) is 31.6 Å². The van der Waals surface area contributed by atoms with Gasteiger partial charge >= 0.3 is 12.4 Å². The van der Waals surface area contributed by atoms with E-state index in [1.165, 1.54) is 31.4 Å². The smallest absolute Gasteiger partial charge is 0.416 e. The predicted molar refractivity (Wildman–Crippen MR) is 141 cm³/mol. The van der Waals surface area contributed by atoms with Crippen LogP contribution in [0, 0.1) is 11.3 Å². The molecule has 7 nitrogen and oxygen atoms in total. The molecular weight excluding hydrogens is 586 g/mol. The SMILES string of the molecule is COc1cc(/C=C(\C#N)C(=O)Nc2nnc(-c3ccccc3)s2)ccc1OCc1ccc(C(F)(F)F)cc1C(F)(F)F. The summed E-state index contributed by atoms with van der Waals surface area (Å²) in [5.41, 5.74) is -2.61. The van der Waals surface area contributed by atoms with Crippen LogP contribution in [0.4, 0.5) is 31.5 Å². The number of alkyl halides is 6.